The van der Waals surface area contributed by atoms with E-state index in [2.05, 4.69) is 38.2 Å². The summed E-state index contributed by atoms with van der Waals surface area (Å²) in [5.74, 6) is -0.240. The first-order chi connectivity index (χ1) is 10.1. The fraction of sp³-hybridized carbons (Fsp3) is 0.500. The third-order valence-corrected chi connectivity index (χ3v) is 4.02. The average molecular weight is 346 g/mol. The molecule has 2 N–H and O–H groups in total. The van der Waals surface area contributed by atoms with Gasteiger partial charge in [-0.1, -0.05) is 56.7 Å². The molecule has 1 atom stereocenters. The number of rotatable bonds is 7. The van der Waals surface area contributed by atoms with E-state index >= 15 is 0 Å². The van der Waals surface area contributed by atoms with E-state index < -0.39 is 10.1 Å². The molecule has 1 rings (SSSR count). The highest BCUT2D eigenvalue weighted by Gasteiger charge is 2.11. The topological polar surface area (TPSA) is 66.4 Å². The summed E-state index contributed by atoms with van der Waals surface area (Å²) in [4.78, 5) is 0. The molecule has 0 aliphatic rings. The Balaban J connectivity index is 2.74. The third-order valence-electron chi connectivity index (χ3n) is 2.96. The van der Waals surface area contributed by atoms with Crippen LogP contribution in [0.3, 0.4) is 0 Å². The summed E-state index contributed by atoms with van der Waals surface area (Å²) in [6.45, 7) is 6.82. The van der Waals surface area contributed by atoms with Crippen molar-refractivity contribution in [2.75, 3.05) is 12.3 Å². The molecule has 0 spiro atoms. The molecule has 124 valence electrons. The summed E-state index contributed by atoms with van der Waals surface area (Å²) in [7, 11) is -3.90. The van der Waals surface area contributed by atoms with E-state index in [1.807, 2.05) is 24.3 Å². The Bertz CT molecular complexity index is 589. The van der Waals surface area contributed by atoms with E-state index in [4.69, 9.17) is 16.2 Å². The summed E-state index contributed by atoms with van der Waals surface area (Å²) in [5, 5.41) is 3.97. The molecule has 0 radical (unpaired) electrons. The molecule has 0 amide bonds. The molecule has 0 fully saturated rings. The minimum absolute atomic E-state index is 0.0297. The number of nitrogens with one attached hydrogen (secondary N) is 1. The van der Waals surface area contributed by atoms with Gasteiger partial charge >= 0.3 is 0 Å². The third kappa shape index (κ3) is 8.54. The van der Waals surface area contributed by atoms with Gasteiger partial charge < -0.3 is 5.32 Å². The summed E-state index contributed by atoms with van der Waals surface area (Å²) >= 11 is 5.91. The zero-order valence-electron chi connectivity index (χ0n) is 13.2. The lowest BCUT2D eigenvalue weighted by atomic mass is 9.94. The summed E-state index contributed by atoms with van der Waals surface area (Å²) < 4.78 is 30.2. The minimum Gasteiger partial charge on any atom is -0.307 e. The Labute approximate surface area is 138 Å². The van der Waals surface area contributed by atoms with Crippen LogP contribution in [0.15, 0.2) is 36.4 Å². The van der Waals surface area contributed by atoms with Crippen molar-refractivity contribution in [3.05, 3.63) is 47.0 Å². The Morgan fingerprint density at radius 1 is 1.27 bits per heavy atom. The lowest BCUT2D eigenvalue weighted by molar-refractivity contribution is 0.478. The van der Waals surface area contributed by atoms with E-state index in [0.29, 0.717) is 18.0 Å². The van der Waals surface area contributed by atoms with Gasteiger partial charge in [-0.15, -0.1) is 0 Å². The fourth-order valence-electron chi connectivity index (χ4n) is 1.86. The normalized spacial score (nSPS) is 14.4. The SMILES string of the molecule is CC(C)(C)/C=C/[C@@H](NCCCS(=O)(=O)O)c1ccc(Cl)cc1. The lowest BCUT2D eigenvalue weighted by Gasteiger charge is -2.18. The fourth-order valence-corrected chi connectivity index (χ4v) is 2.50. The quantitative estimate of drug-likeness (QED) is 0.447. The smallest absolute Gasteiger partial charge is 0.264 e. The van der Waals surface area contributed by atoms with Crippen LogP contribution < -0.4 is 5.32 Å². The second kappa shape index (κ2) is 8.11. The van der Waals surface area contributed by atoms with Gasteiger partial charge in [-0.2, -0.15) is 8.42 Å². The van der Waals surface area contributed by atoms with Crippen molar-refractivity contribution < 1.29 is 13.0 Å². The van der Waals surface area contributed by atoms with E-state index in [0.717, 1.165) is 5.56 Å². The zero-order chi connectivity index (χ0) is 16.8. The molecule has 22 heavy (non-hydrogen) atoms. The molecule has 6 heteroatoms. The van der Waals surface area contributed by atoms with Crippen LogP contribution in [0, 0.1) is 5.41 Å². The molecular weight excluding hydrogens is 322 g/mol. The second-order valence-electron chi connectivity index (χ2n) is 6.35. The highest BCUT2D eigenvalue weighted by atomic mass is 35.5. The van der Waals surface area contributed by atoms with Gasteiger partial charge in [-0.3, -0.25) is 4.55 Å². The maximum absolute atomic E-state index is 10.7. The van der Waals surface area contributed by atoms with Gasteiger partial charge in [0.25, 0.3) is 10.1 Å². The molecule has 0 aliphatic carbocycles. The molecule has 0 unspecified atom stereocenters. The van der Waals surface area contributed by atoms with E-state index in [-0.39, 0.29) is 17.2 Å². The molecule has 0 saturated carbocycles. The van der Waals surface area contributed by atoms with Crippen molar-refractivity contribution in [3.63, 3.8) is 0 Å². The number of hydrogen-bond acceptors (Lipinski definition) is 3. The van der Waals surface area contributed by atoms with Crippen molar-refractivity contribution in [1.82, 2.24) is 5.32 Å². The highest BCUT2D eigenvalue weighted by molar-refractivity contribution is 7.85. The molecule has 0 aliphatic heterocycles. The van der Waals surface area contributed by atoms with Crippen LogP contribution >= 0.6 is 11.6 Å². The van der Waals surface area contributed by atoms with Gasteiger partial charge in [0.1, 0.15) is 0 Å². The first-order valence-electron chi connectivity index (χ1n) is 7.20. The van der Waals surface area contributed by atoms with E-state index in [9.17, 15) is 8.42 Å². The predicted molar refractivity (Wildman–Crippen MR) is 91.8 cm³/mol. The minimum atomic E-state index is -3.90. The molecule has 1 aromatic carbocycles. The number of allylic oxidation sites excluding steroid dienone is 1. The largest absolute Gasteiger partial charge is 0.307 e. The van der Waals surface area contributed by atoms with Crippen molar-refractivity contribution in [2.45, 2.75) is 33.2 Å². The molecule has 1 aromatic rings. The maximum Gasteiger partial charge on any atom is 0.264 e. The molecule has 0 saturated heterocycles. The van der Waals surface area contributed by atoms with Gasteiger partial charge in [-0.05, 0) is 36.1 Å². The summed E-state index contributed by atoms with van der Waals surface area (Å²) in [5.41, 5.74) is 1.11. The monoisotopic (exact) mass is 345 g/mol. The van der Waals surface area contributed by atoms with Gasteiger partial charge in [0.05, 0.1) is 11.8 Å². The Morgan fingerprint density at radius 2 is 1.86 bits per heavy atom. The Morgan fingerprint density at radius 3 is 2.36 bits per heavy atom. The standard InChI is InChI=1S/C16H24ClNO3S/c1-16(2,3)10-9-15(13-5-7-14(17)8-6-13)18-11-4-12-22(19,20)21/h5-10,15,18H,4,11-12H2,1-3H3,(H,19,20,21)/b10-9+/t15-/m1/s1. The van der Waals surface area contributed by atoms with Gasteiger partial charge in [0.2, 0.25) is 0 Å². The molecule has 0 heterocycles. The van der Waals surface area contributed by atoms with E-state index in [1.165, 1.54) is 0 Å². The van der Waals surface area contributed by atoms with Crippen LogP contribution in [0.1, 0.15) is 38.8 Å². The van der Waals surface area contributed by atoms with Crippen molar-refractivity contribution >= 4 is 21.7 Å². The van der Waals surface area contributed by atoms with Crippen molar-refractivity contribution in [2.24, 2.45) is 5.41 Å². The second-order valence-corrected chi connectivity index (χ2v) is 8.36. The first kappa shape index (κ1) is 19.2. The Kier molecular flexibility index (Phi) is 7.06. The number of benzene rings is 1. The zero-order valence-corrected chi connectivity index (χ0v) is 14.8. The number of halogens is 1. The van der Waals surface area contributed by atoms with Crippen LogP contribution in [0.5, 0.6) is 0 Å². The van der Waals surface area contributed by atoms with Crippen molar-refractivity contribution in [1.29, 1.82) is 0 Å². The molecular formula is C16H24ClNO3S. The van der Waals surface area contributed by atoms with Gasteiger partial charge in [-0.25, -0.2) is 0 Å². The van der Waals surface area contributed by atoms with Crippen LogP contribution in [-0.4, -0.2) is 25.3 Å². The van der Waals surface area contributed by atoms with E-state index in [1.54, 1.807) is 0 Å². The summed E-state index contributed by atoms with van der Waals surface area (Å²) in [6, 6.07) is 7.51. The van der Waals surface area contributed by atoms with Crippen LogP contribution in [0.25, 0.3) is 0 Å². The highest BCUT2D eigenvalue weighted by Crippen LogP contribution is 2.21. The van der Waals surface area contributed by atoms with Crippen LogP contribution in [0.4, 0.5) is 0 Å². The maximum atomic E-state index is 10.7. The molecule has 0 bridgehead atoms. The van der Waals surface area contributed by atoms with Crippen LogP contribution in [0.2, 0.25) is 5.02 Å². The van der Waals surface area contributed by atoms with Gasteiger partial charge in [0, 0.05) is 5.02 Å². The average Bonchev–Trinajstić information content (AvgIpc) is 2.37. The molecule has 4 nitrogen and oxygen atoms in total. The summed E-state index contributed by atoms with van der Waals surface area (Å²) in [6.07, 6.45) is 4.53. The lowest BCUT2D eigenvalue weighted by Crippen LogP contribution is -2.23. The Hall–Kier alpha value is -0.880. The molecule has 0 aromatic heterocycles. The van der Waals surface area contributed by atoms with Crippen molar-refractivity contribution in [3.8, 4) is 0 Å². The van der Waals surface area contributed by atoms with Gasteiger partial charge in [0.15, 0.2) is 0 Å². The first-order valence-corrected chi connectivity index (χ1v) is 9.19. The van der Waals surface area contributed by atoms with Crippen LogP contribution in [-0.2, 0) is 10.1 Å². The number of hydrogen-bond donors (Lipinski definition) is 2. The predicted octanol–water partition coefficient (Wildman–Crippen LogP) is 3.85.